The molecule has 0 spiro atoms. The quantitative estimate of drug-likeness (QED) is 0.585. The Kier molecular flexibility index (Phi) is 7.40. The van der Waals surface area contributed by atoms with Crippen LogP contribution in [-0.2, 0) is 14.3 Å². The van der Waals surface area contributed by atoms with Crippen LogP contribution in [0.2, 0.25) is 0 Å². The second-order valence-corrected chi connectivity index (χ2v) is 4.90. The largest absolute Gasteiger partial charge is 0.469 e. The third-order valence-electron chi connectivity index (χ3n) is 3.10. The van der Waals surface area contributed by atoms with Crippen LogP contribution in [0.3, 0.4) is 0 Å². The van der Waals surface area contributed by atoms with Gasteiger partial charge in [0, 0.05) is 18.5 Å². The normalized spacial score (nSPS) is 10.1. The van der Waals surface area contributed by atoms with Gasteiger partial charge in [-0.1, -0.05) is 30.5 Å². The van der Waals surface area contributed by atoms with Gasteiger partial charge in [-0.3, -0.25) is 9.59 Å². The highest BCUT2D eigenvalue weighted by molar-refractivity contribution is 5.90. The molecule has 0 atom stereocenters. The summed E-state index contributed by atoms with van der Waals surface area (Å²) in [6, 6.07) is 7.76. The molecule has 0 aliphatic carbocycles. The molecule has 0 aliphatic rings. The van der Waals surface area contributed by atoms with Crippen LogP contribution < -0.4 is 5.32 Å². The van der Waals surface area contributed by atoms with E-state index in [1.807, 2.05) is 31.2 Å². The Morgan fingerprint density at radius 3 is 2.20 bits per heavy atom. The maximum atomic E-state index is 11.7. The lowest BCUT2D eigenvalue weighted by molar-refractivity contribution is -0.140. The maximum absolute atomic E-state index is 11.7. The van der Waals surface area contributed by atoms with Crippen molar-refractivity contribution in [1.29, 1.82) is 0 Å². The third kappa shape index (κ3) is 6.92. The zero-order valence-corrected chi connectivity index (χ0v) is 12.3. The summed E-state index contributed by atoms with van der Waals surface area (Å²) < 4.78 is 4.57. The fourth-order valence-electron chi connectivity index (χ4n) is 1.87. The van der Waals surface area contributed by atoms with Gasteiger partial charge < -0.3 is 10.1 Å². The fourth-order valence-corrected chi connectivity index (χ4v) is 1.87. The second kappa shape index (κ2) is 9.13. The molecule has 1 aromatic rings. The molecule has 0 fully saturated rings. The van der Waals surface area contributed by atoms with Gasteiger partial charge in [0.15, 0.2) is 0 Å². The molecule has 4 heteroatoms. The van der Waals surface area contributed by atoms with E-state index in [1.54, 1.807) is 0 Å². The second-order valence-electron chi connectivity index (χ2n) is 4.90. The molecule has 0 bridgehead atoms. The van der Waals surface area contributed by atoms with Crippen molar-refractivity contribution >= 4 is 17.6 Å². The SMILES string of the molecule is COC(=O)CCCCCCC(=O)Nc1ccc(C)cc1. The first kappa shape index (κ1) is 16.2. The predicted molar refractivity (Wildman–Crippen MR) is 79.5 cm³/mol. The summed E-state index contributed by atoms with van der Waals surface area (Å²) >= 11 is 0. The molecule has 1 amide bonds. The topological polar surface area (TPSA) is 55.4 Å². The number of ether oxygens (including phenoxy) is 1. The Morgan fingerprint density at radius 1 is 1.00 bits per heavy atom. The number of nitrogens with one attached hydrogen (secondary N) is 1. The molecule has 1 N–H and O–H groups in total. The highest BCUT2D eigenvalue weighted by atomic mass is 16.5. The fraction of sp³-hybridized carbons (Fsp3) is 0.500. The van der Waals surface area contributed by atoms with E-state index >= 15 is 0 Å². The lowest BCUT2D eigenvalue weighted by Crippen LogP contribution is -2.10. The van der Waals surface area contributed by atoms with E-state index in [0.717, 1.165) is 31.4 Å². The number of hydrogen-bond acceptors (Lipinski definition) is 3. The Bertz CT molecular complexity index is 426. The van der Waals surface area contributed by atoms with Crippen molar-refractivity contribution in [3.8, 4) is 0 Å². The van der Waals surface area contributed by atoms with Gasteiger partial charge in [0.05, 0.1) is 7.11 Å². The van der Waals surface area contributed by atoms with Crippen LogP contribution in [0.5, 0.6) is 0 Å². The number of aryl methyl sites for hydroxylation is 1. The number of unbranched alkanes of at least 4 members (excludes halogenated alkanes) is 3. The van der Waals surface area contributed by atoms with E-state index in [1.165, 1.54) is 12.7 Å². The van der Waals surface area contributed by atoms with Crippen LogP contribution in [0.1, 0.15) is 44.1 Å². The molecule has 0 unspecified atom stereocenters. The van der Waals surface area contributed by atoms with Crippen LogP contribution in [0.15, 0.2) is 24.3 Å². The molecule has 1 rings (SSSR count). The lowest BCUT2D eigenvalue weighted by atomic mass is 10.1. The highest BCUT2D eigenvalue weighted by Gasteiger charge is 2.03. The molecule has 0 heterocycles. The standard InChI is InChI=1S/C16H23NO3/c1-13-9-11-14(12-10-13)17-15(18)7-5-3-4-6-8-16(19)20-2/h9-12H,3-8H2,1-2H3,(H,17,18). The van der Waals surface area contributed by atoms with Crippen molar-refractivity contribution in [1.82, 2.24) is 0 Å². The van der Waals surface area contributed by atoms with Crippen LogP contribution in [0.4, 0.5) is 5.69 Å². The minimum absolute atomic E-state index is 0.0434. The predicted octanol–water partition coefficient (Wildman–Crippen LogP) is 3.45. The number of hydrogen-bond donors (Lipinski definition) is 1. The Hall–Kier alpha value is -1.84. The van der Waals surface area contributed by atoms with E-state index in [-0.39, 0.29) is 11.9 Å². The van der Waals surface area contributed by atoms with E-state index in [9.17, 15) is 9.59 Å². The molecule has 0 radical (unpaired) electrons. The summed E-state index contributed by atoms with van der Waals surface area (Å²) in [6.07, 6.45) is 4.56. The van der Waals surface area contributed by atoms with Crippen LogP contribution >= 0.6 is 0 Å². The molecular formula is C16H23NO3. The van der Waals surface area contributed by atoms with Crippen molar-refractivity contribution in [3.63, 3.8) is 0 Å². The Balaban J connectivity index is 2.08. The number of carbonyl (C=O) groups is 2. The molecule has 4 nitrogen and oxygen atoms in total. The van der Waals surface area contributed by atoms with Crippen molar-refractivity contribution in [2.75, 3.05) is 12.4 Å². The van der Waals surface area contributed by atoms with Gasteiger partial charge in [0.2, 0.25) is 5.91 Å². The van der Waals surface area contributed by atoms with Gasteiger partial charge in [0.25, 0.3) is 0 Å². The summed E-state index contributed by atoms with van der Waals surface area (Å²) in [5.41, 5.74) is 2.01. The monoisotopic (exact) mass is 277 g/mol. The summed E-state index contributed by atoms with van der Waals surface area (Å²) in [4.78, 5) is 22.6. The minimum atomic E-state index is -0.165. The molecule has 0 aromatic heterocycles. The van der Waals surface area contributed by atoms with Crippen molar-refractivity contribution < 1.29 is 14.3 Å². The van der Waals surface area contributed by atoms with Crippen molar-refractivity contribution in [2.45, 2.75) is 45.4 Å². The molecule has 110 valence electrons. The van der Waals surface area contributed by atoms with E-state index in [0.29, 0.717) is 12.8 Å². The van der Waals surface area contributed by atoms with Crippen LogP contribution in [0.25, 0.3) is 0 Å². The first-order valence-electron chi connectivity index (χ1n) is 7.05. The van der Waals surface area contributed by atoms with Gasteiger partial charge in [-0.2, -0.15) is 0 Å². The number of rotatable bonds is 8. The minimum Gasteiger partial charge on any atom is -0.469 e. The van der Waals surface area contributed by atoms with E-state index < -0.39 is 0 Å². The number of methoxy groups -OCH3 is 1. The Labute approximate surface area is 120 Å². The molecule has 0 aliphatic heterocycles. The first-order valence-corrected chi connectivity index (χ1v) is 7.05. The molecular weight excluding hydrogens is 254 g/mol. The summed E-state index contributed by atoms with van der Waals surface area (Å²) in [5, 5.41) is 2.87. The van der Waals surface area contributed by atoms with E-state index in [4.69, 9.17) is 0 Å². The summed E-state index contributed by atoms with van der Waals surface area (Å²) in [5.74, 6) is -0.121. The number of anilines is 1. The average molecular weight is 277 g/mol. The van der Waals surface area contributed by atoms with Crippen LogP contribution in [-0.4, -0.2) is 19.0 Å². The van der Waals surface area contributed by atoms with Gasteiger partial charge >= 0.3 is 5.97 Å². The number of benzene rings is 1. The van der Waals surface area contributed by atoms with Crippen LogP contribution in [0, 0.1) is 6.92 Å². The third-order valence-corrected chi connectivity index (χ3v) is 3.10. The lowest BCUT2D eigenvalue weighted by Gasteiger charge is -2.05. The number of amides is 1. The van der Waals surface area contributed by atoms with Gasteiger partial charge in [-0.15, -0.1) is 0 Å². The maximum Gasteiger partial charge on any atom is 0.305 e. The first-order chi connectivity index (χ1) is 9.61. The number of esters is 1. The van der Waals surface area contributed by atoms with Gasteiger partial charge in [-0.25, -0.2) is 0 Å². The molecule has 0 saturated carbocycles. The molecule has 0 saturated heterocycles. The van der Waals surface area contributed by atoms with Crippen molar-refractivity contribution in [3.05, 3.63) is 29.8 Å². The zero-order valence-electron chi connectivity index (χ0n) is 12.3. The smallest absolute Gasteiger partial charge is 0.305 e. The summed E-state index contributed by atoms with van der Waals surface area (Å²) in [6.45, 7) is 2.01. The van der Waals surface area contributed by atoms with Crippen molar-refractivity contribution in [2.24, 2.45) is 0 Å². The molecule has 1 aromatic carbocycles. The zero-order chi connectivity index (χ0) is 14.8. The highest BCUT2D eigenvalue weighted by Crippen LogP contribution is 2.11. The average Bonchev–Trinajstić information content (AvgIpc) is 2.44. The van der Waals surface area contributed by atoms with Gasteiger partial charge in [-0.05, 0) is 31.9 Å². The van der Waals surface area contributed by atoms with Gasteiger partial charge in [0.1, 0.15) is 0 Å². The summed E-state index contributed by atoms with van der Waals surface area (Å²) in [7, 11) is 1.40. The number of carbonyl (C=O) groups excluding carboxylic acids is 2. The van der Waals surface area contributed by atoms with E-state index in [2.05, 4.69) is 10.1 Å². The Morgan fingerprint density at radius 2 is 1.60 bits per heavy atom. The molecule has 20 heavy (non-hydrogen) atoms.